The number of aromatic nitrogens is 6. The summed E-state index contributed by atoms with van der Waals surface area (Å²) in [5.74, 6) is -3.69. The van der Waals surface area contributed by atoms with Crippen molar-refractivity contribution in [2.24, 2.45) is 0 Å². The van der Waals surface area contributed by atoms with Gasteiger partial charge in [-0.05, 0) is 38.1 Å². The highest BCUT2D eigenvalue weighted by Crippen LogP contribution is 2.36. The van der Waals surface area contributed by atoms with Crippen LogP contribution in [0.15, 0.2) is 24.4 Å². The van der Waals surface area contributed by atoms with Gasteiger partial charge in [0, 0.05) is 6.54 Å². The Kier molecular flexibility index (Phi) is 5.74. The maximum atomic E-state index is 15.2. The number of halogens is 4. The second-order valence-corrected chi connectivity index (χ2v) is 8.82. The zero-order valence-electron chi connectivity index (χ0n) is 19.3. The largest absolute Gasteiger partial charge is 0.479 e. The number of anilines is 1. The molecule has 1 N–H and O–H groups in total. The van der Waals surface area contributed by atoms with Gasteiger partial charge >= 0.3 is 0 Å². The van der Waals surface area contributed by atoms with Gasteiger partial charge < -0.3 is 15.0 Å². The fourth-order valence-corrected chi connectivity index (χ4v) is 4.43. The van der Waals surface area contributed by atoms with Crippen molar-refractivity contribution < 1.29 is 22.3 Å². The molecule has 0 saturated carbocycles. The number of hydrogen-bond donors (Lipinski definition) is 1. The molecule has 3 aromatic heterocycles. The third-order valence-electron chi connectivity index (χ3n) is 6.24. The maximum Gasteiger partial charge on any atom is 0.280 e. The molecule has 4 aromatic rings. The first-order valence-electron chi connectivity index (χ1n) is 11.1. The molecule has 2 atom stereocenters. The Bertz CT molecular complexity index is 1390. The second kappa shape index (κ2) is 8.63. The summed E-state index contributed by atoms with van der Waals surface area (Å²) in [6, 6.07) is 3.26. The topological polar surface area (TPSA) is 85.4 Å². The van der Waals surface area contributed by atoms with Gasteiger partial charge in [0.05, 0.1) is 43.0 Å². The predicted octanol–water partition coefficient (Wildman–Crippen LogP) is 3.57. The van der Waals surface area contributed by atoms with Gasteiger partial charge in [-0.2, -0.15) is 4.98 Å². The van der Waals surface area contributed by atoms with E-state index < -0.39 is 30.5 Å². The molecule has 0 bridgehead atoms. The van der Waals surface area contributed by atoms with Crippen LogP contribution in [0.3, 0.4) is 0 Å². The minimum atomic E-state index is -2.99. The first-order chi connectivity index (χ1) is 16.7. The van der Waals surface area contributed by atoms with Crippen LogP contribution in [0, 0.1) is 5.82 Å². The fourth-order valence-electron chi connectivity index (χ4n) is 4.43. The summed E-state index contributed by atoms with van der Waals surface area (Å²) in [5, 5.41) is 15.0. The first kappa shape index (κ1) is 23.3. The molecule has 1 aromatic carbocycles. The minimum Gasteiger partial charge on any atom is -0.479 e. The van der Waals surface area contributed by atoms with Crippen LogP contribution >= 0.6 is 0 Å². The Labute approximate surface area is 197 Å². The van der Waals surface area contributed by atoms with Crippen molar-refractivity contribution in [3.63, 3.8) is 0 Å². The van der Waals surface area contributed by atoms with Crippen LogP contribution in [0.2, 0.25) is 0 Å². The number of likely N-dealkylation sites (tertiary alicyclic amines) is 1. The van der Waals surface area contributed by atoms with E-state index in [1.54, 1.807) is 37.1 Å². The van der Waals surface area contributed by atoms with Gasteiger partial charge in [0.25, 0.3) is 5.92 Å². The third kappa shape index (κ3) is 4.03. The number of nitrogens with one attached hydrogen (secondary N) is 1. The Morgan fingerprint density at radius 1 is 1.31 bits per heavy atom. The van der Waals surface area contributed by atoms with Gasteiger partial charge in [0.1, 0.15) is 17.7 Å². The summed E-state index contributed by atoms with van der Waals surface area (Å²) in [4.78, 5) is 5.81. The number of ether oxygens (including phenoxy) is 1. The highest BCUT2D eigenvalue weighted by Gasteiger charge is 2.44. The molecular formula is C22H24F4N8O. The molecule has 186 valence electrons. The number of benzene rings is 1. The lowest BCUT2D eigenvalue weighted by molar-refractivity contribution is -0.0675. The summed E-state index contributed by atoms with van der Waals surface area (Å²) in [7, 11) is 2.99. The average Bonchev–Trinajstić information content (AvgIpc) is 3.39. The molecule has 5 rings (SSSR count). The molecule has 4 heterocycles. The molecule has 0 spiro atoms. The molecule has 0 unspecified atom stereocenters. The van der Waals surface area contributed by atoms with Crippen molar-refractivity contribution in [2.45, 2.75) is 31.4 Å². The van der Waals surface area contributed by atoms with E-state index in [-0.39, 0.29) is 35.9 Å². The van der Waals surface area contributed by atoms with Crippen LogP contribution < -0.4 is 10.1 Å². The van der Waals surface area contributed by atoms with Crippen molar-refractivity contribution >= 4 is 22.5 Å². The number of hydrogen-bond acceptors (Lipinski definition) is 7. The zero-order chi connectivity index (χ0) is 24.9. The van der Waals surface area contributed by atoms with Gasteiger partial charge in [-0.25, -0.2) is 26.8 Å². The number of rotatable bonds is 6. The van der Waals surface area contributed by atoms with Crippen molar-refractivity contribution in [2.75, 3.05) is 39.2 Å². The molecule has 0 aliphatic carbocycles. The van der Waals surface area contributed by atoms with Crippen LogP contribution in [-0.4, -0.2) is 80.4 Å². The standard InChI is InChI=1S/C22H24F4N8O/c1-12(9-23)34-16-8-13(4-5-15(16)29-31-34)18-14(24)10-33-19(18)20(35-3)28-21(30-33)27-17-6-7-32(2)11-22(17,25)26/h4-5,8,10,12,17H,6-7,9,11H2,1-3H3,(H,27,30)/t12-,17-/m1/s1. The fraction of sp³-hybridized carbons (Fsp3) is 0.455. The van der Waals surface area contributed by atoms with Crippen molar-refractivity contribution in [1.82, 2.24) is 34.5 Å². The molecule has 1 aliphatic rings. The average molecular weight is 492 g/mol. The van der Waals surface area contributed by atoms with E-state index in [0.29, 0.717) is 23.1 Å². The Balaban J connectivity index is 1.58. The quantitative estimate of drug-likeness (QED) is 0.412. The summed E-state index contributed by atoms with van der Waals surface area (Å²) in [6.07, 6.45) is 1.33. The highest BCUT2D eigenvalue weighted by molar-refractivity contribution is 5.89. The summed E-state index contributed by atoms with van der Waals surface area (Å²) in [6.45, 7) is 1.12. The van der Waals surface area contributed by atoms with E-state index in [4.69, 9.17) is 4.74 Å². The smallest absolute Gasteiger partial charge is 0.280 e. The zero-order valence-corrected chi connectivity index (χ0v) is 19.3. The molecular weight excluding hydrogens is 468 g/mol. The number of fused-ring (bicyclic) bond motifs is 2. The van der Waals surface area contributed by atoms with E-state index in [1.807, 2.05) is 0 Å². The predicted molar refractivity (Wildman–Crippen MR) is 121 cm³/mol. The van der Waals surface area contributed by atoms with Crippen molar-refractivity contribution in [3.8, 4) is 17.0 Å². The van der Waals surface area contributed by atoms with E-state index in [0.717, 1.165) is 6.20 Å². The van der Waals surface area contributed by atoms with Gasteiger partial charge in [0.2, 0.25) is 11.8 Å². The molecule has 1 aliphatic heterocycles. The Hall–Kier alpha value is -3.48. The van der Waals surface area contributed by atoms with E-state index in [1.165, 1.54) is 16.3 Å². The van der Waals surface area contributed by atoms with Crippen molar-refractivity contribution in [3.05, 3.63) is 30.2 Å². The van der Waals surface area contributed by atoms with Crippen LogP contribution in [0.5, 0.6) is 5.88 Å². The summed E-state index contributed by atoms with van der Waals surface area (Å²) >= 11 is 0. The van der Waals surface area contributed by atoms with Gasteiger partial charge in [-0.15, -0.1) is 10.2 Å². The number of methoxy groups -OCH3 is 1. The third-order valence-corrected chi connectivity index (χ3v) is 6.24. The lowest BCUT2D eigenvalue weighted by atomic mass is 10.0. The normalized spacial score (nSPS) is 19.3. The molecule has 1 fully saturated rings. The Morgan fingerprint density at radius 2 is 2.11 bits per heavy atom. The monoisotopic (exact) mass is 492 g/mol. The molecule has 13 heteroatoms. The van der Waals surface area contributed by atoms with Gasteiger partial charge in [-0.1, -0.05) is 11.3 Å². The van der Waals surface area contributed by atoms with Crippen LogP contribution in [-0.2, 0) is 0 Å². The molecule has 0 radical (unpaired) electrons. The maximum absolute atomic E-state index is 15.2. The molecule has 1 saturated heterocycles. The van der Waals surface area contributed by atoms with E-state index in [9.17, 15) is 13.2 Å². The van der Waals surface area contributed by atoms with Crippen LogP contribution in [0.1, 0.15) is 19.4 Å². The molecule has 0 amide bonds. The lowest BCUT2D eigenvalue weighted by Crippen LogP contribution is -2.53. The van der Waals surface area contributed by atoms with Crippen molar-refractivity contribution in [1.29, 1.82) is 0 Å². The van der Waals surface area contributed by atoms with Crippen LogP contribution in [0.25, 0.3) is 27.7 Å². The van der Waals surface area contributed by atoms with E-state index in [2.05, 4.69) is 25.7 Å². The summed E-state index contributed by atoms with van der Waals surface area (Å²) < 4.78 is 65.6. The SMILES string of the molecule is COc1nc(N[C@@H]2CCN(C)CC2(F)F)nn2cc(F)c(-c3ccc4nnn([C@H](C)CF)c4c3)c12. The number of nitrogens with zero attached hydrogens (tertiary/aromatic N) is 7. The minimum absolute atomic E-state index is 0.0153. The number of alkyl halides is 3. The first-order valence-corrected chi connectivity index (χ1v) is 11.1. The second-order valence-electron chi connectivity index (χ2n) is 8.82. The molecule has 35 heavy (non-hydrogen) atoms. The van der Waals surface area contributed by atoms with E-state index >= 15 is 4.39 Å². The number of piperidine rings is 1. The van der Waals surface area contributed by atoms with Crippen LogP contribution in [0.4, 0.5) is 23.5 Å². The van der Waals surface area contributed by atoms with Gasteiger partial charge in [-0.3, -0.25) is 0 Å². The highest BCUT2D eigenvalue weighted by atomic mass is 19.3. The molecule has 9 nitrogen and oxygen atoms in total. The Morgan fingerprint density at radius 3 is 2.83 bits per heavy atom. The van der Waals surface area contributed by atoms with Gasteiger partial charge in [0.15, 0.2) is 5.82 Å². The summed E-state index contributed by atoms with van der Waals surface area (Å²) in [5.41, 5.74) is 1.90. The lowest BCUT2D eigenvalue weighted by Gasteiger charge is -2.36.